The maximum Gasteiger partial charge on any atom is 0.305 e. The molecule has 572 valence electrons. The molecule has 20 N–H and O–H groups in total. The van der Waals surface area contributed by atoms with E-state index in [9.17, 15) is 82.8 Å². The normalized spacial score (nSPS) is 18.0. The number of likely N-dealkylation sites (tertiary alicyclic amines) is 3. The Hall–Kier alpha value is -11.1. The first-order valence-corrected chi connectivity index (χ1v) is 35.3. The number of carboxylic acids is 1. The highest BCUT2D eigenvalue weighted by atomic mass is 16.4. The summed E-state index contributed by atoms with van der Waals surface area (Å²) in [5, 5.41) is 60.7. The summed E-state index contributed by atoms with van der Waals surface area (Å²) in [4.78, 5) is 189. The number of aliphatic carboxylic acids is 1. The van der Waals surface area contributed by atoms with Crippen molar-refractivity contribution in [1.29, 1.82) is 0 Å². The molecule has 4 aromatic carbocycles. The lowest BCUT2D eigenvalue weighted by molar-refractivity contribution is -0.145. The largest absolute Gasteiger partial charge is 0.508 e. The van der Waals surface area contributed by atoms with Crippen molar-refractivity contribution in [2.45, 2.75) is 177 Å². The number of guanidine groups is 1. The minimum Gasteiger partial charge on any atom is -0.508 e. The van der Waals surface area contributed by atoms with Crippen LogP contribution in [0.3, 0.4) is 0 Å². The van der Waals surface area contributed by atoms with Gasteiger partial charge in [-0.25, -0.2) is 0 Å². The van der Waals surface area contributed by atoms with E-state index in [-0.39, 0.29) is 89.3 Å². The van der Waals surface area contributed by atoms with Crippen LogP contribution in [0.2, 0.25) is 0 Å². The number of nitrogens with zero attached hydrogens (tertiary/aromatic N) is 4. The molecule has 33 nitrogen and oxygen atoms in total. The molecule has 0 saturated carbocycles. The Labute approximate surface area is 613 Å². The number of hydrogen-bond donors (Lipinski definition) is 16. The minimum atomic E-state index is -1.94. The fourth-order valence-electron chi connectivity index (χ4n) is 12.9. The molecule has 7 rings (SSSR count). The van der Waals surface area contributed by atoms with Crippen LogP contribution in [-0.4, -0.2) is 230 Å². The van der Waals surface area contributed by atoms with Crippen molar-refractivity contribution in [2.24, 2.45) is 33.8 Å². The number of amides is 12. The molecular formula is C73H98N16O17. The summed E-state index contributed by atoms with van der Waals surface area (Å²) in [7, 11) is 0. The molecular weight excluding hydrogens is 1370 g/mol. The predicted molar refractivity (Wildman–Crippen MR) is 386 cm³/mol. The Morgan fingerprint density at radius 3 is 1.48 bits per heavy atom. The summed E-state index contributed by atoms with van der Waals surface area (Å²) >= 11 is 0. The molecule has 12 atom stereocenters. The van der Waals surface area contributed by atoms with E-state index < -0.39 is 175 Å². The molecule has 0 radical (unpaired) electrons. The number of nitrogens with two attached hydrogens (primary N) is 4. The van der Waals surface area contributed by atoms with Gasteiger partial charge in [0.1, 0.15) is 72.2 Å². The van der Waals surface area contributed by atoms with Crippen LogP contribution in [0.4, 0.5) is 0 Å². The highest BCUT2D eigenvalue weighted by Gasteiger charge is 2.44. The first-order chi connectivity index (χ1) is 50.5. The predicted octanol–water partition coefficient (Wildman–Crippen LogP) is -2.75. The van der Waals surface area contributed by atoms with Crippen LogP contribution in [0.5, 0.6) is 5.75 Å². The third-order valence-corrected chi connectivity index (χ3v) is 18.8. The number of benzene rings is 4. The first kappa shape index (κ1) is 82.2. The Morgan fingerprint density at radius 2 is 0.934 bits per heavy atom. The molecule has 4 aromatic rings. The standard InChI is InChI=1S/C73H98N16O17/c1-40(2)60(72(106)89-33-11-17-58(89)69(103)81-51(35-43-12-6-5-7-13-43)64(98)80-50(14-8-30-78-73(76)77)70(104)87-31-9-15-56(87)61(75)95)86-67(101)55(39-91)85-65(99)52(37-59(93)94)82-68(102)57-16-10-32-88(57)71(105)53(36-45-20-26-47(27-21-45)46-24-18-41(3)19-25-46)83-62(96)42(4)79-66(100)54(38-90)84-63(97)49(74)34-44-22-28-48(92)29-23-44/h5-7,12-13,18-29,40,42,49-58,60,90-92H,8-11,14-17,30-39,74H2,1-4H3,(H2,75,95)(H,79,100)(H,80,98)(H,81,103)(H,82,102)(H,83,96)(H,84,97)(H,85,99)(H,86,101)(H,93,94)(H4,76,77,78)/t42-,49-,50-,51-,52-,53-,54-,55-,56-,57-,58-,60-/m0/s1. The van der Waals surface area contributed by atoms with Gasteiger partial charge >= 0.3 is 5.97 Å². The van der Waals surface area contributed by atoms with Gasteiger partial charge in [0, 0.05) is 39.0 Å². The molecule has 0 unspecified atom stereocenters. The number of carbonyl (C=O) groups is 13. The van der Waals surface area contributed by atoms with Gasteiger partial charge < -0.3 is 101 Å². The van der Waals surface area contributed by atoms with Crippen LogP contribution in [0.25, 0.3) is 11.1 Å². The molecule has 12 amide bonds. The number of hydrogen-bond acceptors (Lipinski definition) is 18. The topological polar surface area (TPSA) is 525 Å². The maximum absolute atomic E-state index is 14.9. The van der Waals surface area contributed by atoms with Gasteiger partial charge in [0.2, 0.25) is 70.9 Å². The second kappa shape index (κ2) is 39.2. The number of phenols is 1. The quantitative estimate of drug-likeness (QED) is 0.0125. The number of primary amides is 1. The second-order valence-electron chi connectivity index (χ2n) is 27.1. The van der Waals surface area contributed by atoms with Gasteiger partial charge in [-0.15, -0.1) is 0 Å². The molecule has 3 saturated heterocycles. The summed E-state index contributed by atoms with van der Waals surface area (Å²) in [5.74, 6) is -12.9. The average Bonchev–Trinajstić information content (AvgIpc) is 1.64. The summed E-state index contributed by atoms with van der Waals surface area (Å²) < 4.78 is 0. The van der Waals surface area contributed by atoms with Crippen LogP contribution in [0, 0.1) is 12.8 Å². The Kier molecular flexibility index (Phi) is 30.4. The van der Waals surface area contributed by atoms with Crippen molar-refractivity contribution in [3.8, 4) is 16.9 Å². The average molecular weight is 1470 g/mol. The van der Waals surface area contributed by atoms with Crippen molar-refractivity contribution in [1.82, 2.24) is 57.2 Å². The number of aromatic hydroxyl groups is 1. The Morgan fingerprint density at radius 1 is 0.491 bits per heavy atom. The lowest BCUT2D eigenvalue weighted by Gasteiger charge is -2.32. The molecule has 0 bridgehead atoms. The highest BCUT2D eigenvalue weighted by molar-refractivity contribution is 6.00. The van der Waals surface area contributed by atoms with E-state index in [1.165, 1.54) is 28.9 Å². The number of nitrogens with one attached hydrogen (secondary N) is 8. The third-order valence-electron chi connectivity index (χ3n) is 18.8. The Balaban J connectivity index is 1.02. The zero-order chi connectivity index (χ0) is 77.5. The van der Waals surface area contributed by atoms with E-state index in [2.05, 4.69) is 47.5 Å². The van der Waals surface area contributed by atoms with Gasteiger partial charge in [-0.2, -0.15) is 0 Å². The fourth-order valence-corrected chi connectivity index (χ4v) is 12.9. The van der Waals surface area contributed by atoms with Crippen LogP contribution < -0.4 is 65.5 Å². The third kappa shape index (κ3) is 23.2. The molecule has 33 heteroatoms. The summed E-state index contributed by atoms with van der Waals surface area (Å²) in [6, 6.07) is 12.6. The zero-order valence-electron chi connectivity index (χ0n) is 59.7. The molecule has 106 heavy (non-hydrogen) atoms. The second-order valence-corrected chi connectivity index (χ2v) is 27.1. The molecule has 0 aromatic heterocycles. The maximum atomic E-state index is 14.9. The van der Waals surface area contributed by atoms with Crippen molar-refractivity contribution < 1.29 is 82.8 Å². The summed E-state index contributed by atoms with van der Waals surface area (Å²) in [6.45, 7) is 4.66. The monoisotopic (exact) mass is 1470 g/mol. The smallest absolute Gasteiger partial charge is 0.305 e. The number of phenolic OH excluding ortho intramolecular Hbond substituents is 1. The number of carboxylic acid groups (broad SMARTS) is 1. The van der Waals surface area contributed by atoms with Gasteiger partial charge in [0.25, 0.3) is 0 Å². The van der Waals surface area contributed by atoms with Gasteiger partial charge in [0.05, 0.1) is 25.7 Å². The zero-order valence-corrected chi connectivity index (χ0v) is 59.7. The molecule has 3 aliphatic rings. The summed E-state index contributed by atoms with van der Waals surface area (Å²) in [6.07, 6.45) is 0.415. The SMILES string of the molecule is Cc1ccc(-c2ccc(C[C@H](NC(=O)[C@H](C)NC(=O)[C@H](CO)NC(=O)[C@@H](N)Cc3ccc(O)cc3)C(=O)N3CCC[C@H]3C(=O)N[C@@H](CC(=O)O)C(=O)N[C@@H](CO)C(=O)N[C@H](C(=O)N3CCC[C@H]3C(=O)N[C@@H](Cc3ccccc3)C(=O)N[C@@H](CCCN=C(N)N)C(=O)N3CCC[C@H]3C(N)=O)C(C)C)cc2)cc1. The first-order valence-electron chi connectivity index (χ1n) is 35.3. The molecule has 0 aliphatic carbocycles. The van der Waals surface area contributed by atoms with Crippen LogP contribution in [0.1, 0.15) is 101 Å². The van der Waals surface area contributed by atoms with Gasteiger partial charge in [-0.1, -0.05) is 110 Å². The van der Waals surface area contributed by atoms with E-state index in [0.717, 1.165) is 21.6 Å². The van der Waals surface area contributed by atoms with E-state index >= 15 is 0 Å². The lowest BCUT2D eigenvalue weighted by atomic mass is 9.99. The molecule has 3 heterocycles. The Bertz CT molecular complexity index is 3810. The van der Waals surface area contributed by atoms with Gasteiger partial charge in [0.15, 0.2) is 5.96 Å². The number of aliphatic imine (C=N–C) groups is 1. The number of aliphatic hydroxyl groups is 2. The van der Waals surface area contributed by atoms with Crippen molar-refractivity contribution in [2.75, 3.05) is 39.4 Å². The highest BCUT2D eigenvalue weighted by Crippen LogP contribution is 2.26. The van der Waals surface area contributed by atoms with E-state index in [1.807, 2.05) is 43.3 Å². The molecule has 3 fully saturated rings. The van der Waals surface area contributed by atoms with Gasteiger partial charge in [-0.3, -0.25) is 67.3 Å². The lowest BCUT2D eigenvalue weighted by Crippen LogP contribution is -2.62. The molecule has 3 aliphatic heterocycles. The van der Waals surface area contributed by atoms with Crippen molar-refractivity contribution in [3.63, 3.8) is 0 Å². The van der Waals surface area contributed by atoms with E-state index in [4.69, 9.17) is 22.9 Å². The van der Waals surface area contributed by atoms with Crippen molar-refractivity contribution in [3.05, 3.63) is 125 Å². The number of rotatable bonds is 36. The minimum absolute atomic E-state index is 0.00550. The van der Waals surface area contributed by atoms with Crippen molar-refractivity contribution >= 4 is 82.8 Å². The molecule has 0 spiro atoms. The van der Waals surface area contributed by atoms with Crippen LogP contribution in [0.15, 0.2) is 108 Å². The number of aliphatic hydroxyl groups excluding tert-OH is 2. The summed E-state index contributed by atoms with van der Waals surface area (Å²) in [5.41, 5.74) is 27.3. The number of carbonyl (C=O) groups excluding carboxylic acids is 12. The fraction of sp³-hybridized carbons (Fsp3) is 0.479. The van der Waals surface area contributed by atoms with Gasteiger partial charge in [-0.05, 0) is 118 Å². The van der Waals surface area contributed by atoms with Crippen LogP contribution >= 0.6 is 0 Å². The number of aryl methyl sites for hydroxylation is 1. The van der Waals surface area contributed by atoms with E-state index in [1.54, 1.807) is 68.4 Å². The van der Waals surface area contributed by atoms with E-state index in [0.29, 0.717) is 36.0 Å². The van der Waals surface area contributed by atoms with Crippen LogP contribution in [-0.2, 0) is 81.6 Å².